The van der Waals surface area contributed by atoms with Crippen LogP contribution in [0.3, 0.4) is 0 Å². The summed E-state index contributed by atoms with van der Waals surface area (Å²) in [6.07, 6.45) is 2.86. The van der Waals surface area contributed by atoms with E-state index in [1.165, 1.54) is 25.5 Å². The first kappa shape index (κ1) is 15.1. The summed E-state index contributed by atoms with van der Waals surface area (Å²) in [5.41, 5.74) is 5.74. The highest BCUT2D eigenvalue weighted by Gasteiger charge is 2.20. The molecule has 0 bridgehead atoms. The quantitative estimate of drug-likeness (QED) is 0.777. The highest BCUT2D eigenvalue weighted by molar-refractivity contribution is 7.89. The van der Waals surface area contributed by atoms with Crippen LogP contribution < -0.4 is 5.73 Å². The summed E-state index contributed by atoms with van der Waals surface area (Å²) in [5.74, 6) is 5.36. The molecule has 1 rings (SSSR count). The number of aromatic nitrogens is 1. The first-order valence-corrected chi connectivity index (χ1v) is 6.93. The summed E-state index contributed by atoms with van der Waals surface area (Å²) >= 11 is 0. The number of rotatable bonds is 4. The molecule has 0 radical (unpaired) electrons. The van der Waals surface area contributed by atoms with E-state index < -0.39 is 10.0 Å². The van der Waals surface area contributed by atoms with Gasteiger partial charge in [0.25, 0.3) is 0 Å². The van der Waals surface area contributed by atoms with E-state index in [-0.39, 0.29) is 24.4 Å². The van der Waals surface area contributed by atoms with Crippen molar-refractivity contribution in [3.63, 3.8) is 0 Å². The van der Waals surface area contributed by atoms with Crippen LogP contribution in [0, 0.1) is 23.2 Å². The molecule has 100 valence electrons. The van der Waals surface area contributed by atoms with Gasteiger partial charge >= 0.3 is 0 Å². The van der Waals surface area contributed by atoms with Crippen molar-refractivity contribution in [2.45, 2.75) is 11.3 Å². The highest BCUT2D eigenvalue weighted by Crippen LogP contribution is 2.14. The lowest BCUT2D eigenvalue weighted by Crippen LogP contribution is -2.28. The Kier molecular flexibility index (Phi) is 5.46. The summed E-state index contributed by atoms with van der Waals surface area (Å²) in [6.45, 7) is 0.330. The summed E-state index contributed by atoms with van der Waals surface area (Å²) in [5, 5.41) is 8.48. The second-order valence-electron chi connectivity index (χ2n) is 3.65. The van der Waals surface area contributed by atoms with Gasteiger partial charge in [-0.2, -0.15) is 9.57 Å². The molecule has 0 fully saturated rings. The Bertz CT molecular complexity index is 638. The number of sulfonamides is 1. The minimum Gasteiger partial charge on any atom is -0.320 e. The molecule has 1 aromatic heterocycles. The van der Waals surface area contributed by atoms with Crippen molar-refractivity contribution in [3.8, 4) is 17.9 Å². The van der Waals surface area contributed by atoms with Crippen molar-refractivity contribution in [1.82, 2.24) is 9.29 Å². The summed E-state index contributed by atoms with van der Waals surface area (Å²) in [7, 11) is -2.22. The molecule has 0 aliphatic carbocycles. The maximum atomic E-state index is 12.2. The molecule has 0 unspecified atom stereocenters. The molecular formula is C12H14N4O2S. The van der Waals surface area contributed by atoms with Crippen LogP contribution in [0.5, 0.6) is 0 Å². The molecule has 0 aliphatic heterocycles. The number of nitriles is 1. The van der Waals surface area contributed by atoms with Gasteiger partial charge in [-0.1, -0.05) is 11.8 Å². The van der Waals surface area contributed by atoms with Crippen LogP contribution >= 0.6 is 0 Å². The zero-order valence-corrected chi connectivity index (χ0v) is 11.3. The van der Waals surface area contributed by atoms with Crippen molar-refractivity contribution in [1.29, 1.82) is 5.26 Å². The van der Waals surface area contributed by atoms with E-state index in [1.54, 1.807) is 0 Å². The third-order valence-electron chi connectivity index (χ3n) is 2.29. The third-order valence-corrected chi connectivity index (χ3v) is 4.12. The molecule has 1 aromatic rings. The maximum absolute atomic E-state index is 12.2. The van der Waals surface area contributed by atoms with E-state index in [4.69, 9.17) is 11.0 Å². The van der Waals surface area contributed by atoms with Crippen LogP contribution in [0.2, 0.25) is 0 Å². The molecule has 0 aliphatic rings. The van der Waals surface area contributed by atoms with E-state index in [0.29, 0.717) is 5.56 Å². The van der Waals surface area contributed by atoms with Crippen LogP contribution in [0.25, 0.3) is 0 Å². The predicted octanol–water partition coefficient (Wildman–Crippen LogP) is -0.0740. The van der Waals surface area contributed by atoms with Gasteiger partial charge in [0.1, 0.15) is 4.90 Å². The fraction of sp³-hybridized carbons (Fsp3) is 0.333. The summed E-state index contributed by atoms with van der Waals surface area (Å²) in [4.78, 5) is 3.90. The fourth-order valence-electron chi connectivity index (χ4n) is 1.29. The lowest BCUT2D eigenvalue weighted by molar-refractivity contribution is 0.476. The lowest BCUT2D eigenvalue weighted by atomic mass is 10.3. The van der Waals surface area contributed by atoms with Gasteiger partial charge in [-0.3, -0.25) is 4.98 Å². The van der Waals surface area contributed by atoms with Crippen LogP contribution in [0.4, 0.5) is 0 Å². The maximum Gasteiger partial charge on any atom is 0.244 e. The van der Waals surface area contributed by atoms with Crippen molar-refractivity contribution >= 4 is 10.0 Å². The molecule has 6 nitrogen and oxygen atoms in total. The molecular weight excluding hydrogens is 264 g/mol. The smallest absolute Gasteiger partial charge is 0.244 e. The lowest BCUT2D eigenvalue weighted by Gasteiger charge is -2.15. The van der Waals surface area contributed by atoms with Crippen molar-refractivity contribution in [3.05, 3.63) is 24.0 Å². The molecule has 0 atom stereocenters. The molecule has 0 amide bonds. The Morgan fingerprint density at radius 1 is 1.47 bits per heavy atom. The molecule has 7 heteroatoms. The predicted molar refractivity (Wildman–Crippen MR) is 70.2 cm³/mol. The summed E-state index contributed by atoms with van der Waals surface area (Å²) in [6, 6.07) is 3.34. The van der Waals surface area contributed by atoms with Gasteiger partial charge in [0.05, 0.1) is 12.6 Å². The second kappa shape index (κ2) is 6.86. The average Bonchev–Trinajstić information content (AvgIpc) is 2.42. The number of pyridine rings is 1. The molecule has 1 heterocycles. The Labute approximate surface area is 112 Å². The third kappa shape index (κ3) is 4.04. The topological polar surface area (TPSA) is 100 Å². The Balaban J connectivity index is 3.05. The average molecular weight is 278 g/mol. The van der Waals surface area contributed by atoms with Gasteiger partial charge in [0.2, 0.25) is 10.0 Å². The van der Waals surface area contributed by atoms with Crippen LogP contribution in [-0.2, 0) is 10.0 Å². The van der Waals surface area contributed by atoms with E-state index in [2.05, 4.69) is 16.8 Å². The van der Waals surface area contributed by atoms with Crippen molar-refractivity contribution in [2.75, 3.05) is 20.1 Å². The fourth-order valence-corrected chi connectivity index (χ4v) is 2.45. The van der Waals surface area contributed by atoms with Crippen LogP contribution in [0.1, 0.15) is 12.0 Å². The van der Waals surface area contributed by atoms with Crippen molar-refractivity contribution in [2.24, 2.45) is 5.73 Å². The van der Waals surface area contributed by atoms with Gasteiger partial charge in [0.15, 0.2) is 0 Å². The number of hydrogen-bond acceptors (Lipinski definition) is 5. The van der Waals surface area contributed by atoms with E-state index >= 15 is 0 Å². The number of nitrogens with two attached hydrogens (primary N) is 1. The molecule has 0 saturated carbocycles. The van der Waals surface area contributed by atoms with Gasteiger partial charge in [-0.15, -0.1) is 0 Å². The van der Waals surface area contributed by atoms with E-state index in [9.17, 15) is 8.42 Å². The Hall–Kier alpha value is -1.93. The van der Waals surface area contributed by atoms with Gasteiger partial charge in [-0.05, 0) is 6.07 Å². The van der Waals surface area contributed by atoms with Crippen molar-refractivity contribution < 1.29 is 8.42 Å². The molecule has 0 saturated heterocycles. The second-order valence-corrected chi connectivity index (χ2v) is 5.69. The molecule has 0 spiro atoms. The minimum absolute atomic E-state index is 0.0526. The Morgan fingerprint density at radius 3 is 2.84 bits per heavy atom. The normalized spacial score (nSPS) is 10.6. The number of nitrogens with zero attached hydrogens (tertiary/aromatic N) is 3. The standard InChI is InChI=1S/C12H14N4O2S/c1-16(7-3-6-14)19(17,18)12-8-11(4-2-5-13)9-15-10-12/h8-10H,3,5,7,13H2,1H3. The molecule has 2 N–H and O–H groups in total. The van der Waals surface area contributed by atoms with Gasteiger partial charge in [0, 0.05) is 38.0 Å². The van der Waals surface area contributed by atoms with E-state index in [1.807, 2.05) is 6.07 Å². The zero-order valence-electron chi connectivity index (χ0n) is 10.5. The summed E-state index contributed by atoms with van der Waals surface area (Å²) < 4.78 is 25.5. The first-order valence-electron chi connectivity index (χ1n) is 5.49. The largest absolute Gasteiger partial charge is 0.320 e. The number of hydrogen-bond donors (Lipinski definition) is 1. The zero-order chi connectivity index (χ0) is 14.3. The van der Waals surface area contributed by atoms with Crippen LogP contribution in [0.15, 0.2) is 23.4 Å². The van der Waals surface area contributed by atoms with Gasteiger partial charge in [-0.25, -0.2) is 8.42 Å². The van der Waals surface area contributed by atoms with Crippen LogP contribution in [-0.4, -0.2) is 37.8 Å². The SMILES string of the molecule is CN(CCC#N)S(=O)(=O)c1cncc(C#CCN)c1. The molecule has 0 aromatic carbocycles. The monoisotopic (exact) mass is 278 g/mol. The minimum atomic E-state index is -3.64. The van der Waals surface area contributed by atoms with E-state index in [0.717, 1.165) is 4.31 Å². The Morgan fingerprint density at radius 2 is 2.21 bits per heavy atom. The highest BCUT2D eigenvalue weighted by atomic mass is 32.2. The molecule has 19 heavy (non-hydrogen) atoms. The first-order chi connectivity index (χ1) is 9.02. The van der Waals surface area contributed by atoms with Gasteiger partial charge < -0.3 is 5.73 Å².